The van der Waals surface area contributed by atoms with E-state index in [1.54, 1.807) is 12.1 Å². The van der Waals surface area contributed by atoms with Crippen molar-refractivity contribution < 1.29 is 9.18 Å². The van der Waals surface area contributed by atoms with E-state index >= 15 is 0 Å². The molecule has 1 atom stereocenters. The summed E-state index contributed by atoms with van der Waals surface area (Å²) in [6.45, 7) is 4.40. The van der Waals surface area contributed by atoms with Gasteiger partial charge in [0.05, 0.1) is 29.7 Å². The topological polar surface area (TPSA) is 55.1 Å². The number of urea groups is 1. The molecular formula is C31H28FN5O. The summed E-state index contributed by atoms with van der Waals surface area (Å²) < 4.78 is 18.0. The van der Waals surface area contributed by atoms with E-state index < -0.39 is 6.04 Å². The second-order valence-electron chi connectivity index (χ2n) is 9.50. The molecule has 2 aromatic heterocycles. The second-order valence-corrected chi connectivity index (χ2v) is 9.50. The molecule has 0 saturated heterocycles. The predicted molar refractivity (Wildman–Crippen MR) is 146 cm³/mol. The average Bonchev–Trinajstić information content (AvgIpc) is 3.50. The monoisotopic (exact) mass is 505 g/mol. The highest BCUT2D eigenvalue weighted by atomic mass is 19.1. The summed E-state index contributed by atoms with van der Waals surface area (Å²) >= 11 is 0. The van der Waals surface area contributed by atoms with Gasteiger partial charge in [0.25, 0.3) is 0 Å². The molecule has 6 nitrogen and oxygen atoms in total. The third-order valence-corrected chi connectivity index (χ3v) is 7.15. The number of nitrogens with zero attached hydrogens (tertiary/aromatic N) is 4. The first-order chi connectivity index (χ1) is 18.5. The number of anilines is 1. The van der Waals surface area contributed by atoms with Gasteiger partial charge in [-0.2, -0.15) is 5.10 Å². The highest BCUT2D eigenvalue weighted by Crippen LogP contribution is 2.38. The molecule has 0 aliphatic carbocycles. The molecule has 3 aromatic carbocycles. The number of para-hydroxylation sites is 1. The van der Waals surface area contributed by atoms with Crippen molar-refractivity contribution >= 4 is 11.7 Å². The maximum absolute atomic E-state index is 14.0. The lowest BCUT2D eigenvalue weighted by Gasteiger charge is -2.31. The number of aryl methyl sites for hydroxylation is 2. The van der Waals surface area contributed by atoms with Crippen LogP contribution >= 0.6 is 0 Å². The van der Waals surface area contributed by atoms with E-state index in [2.05, 4.69) is 16.8 Å². The minimum Gasteiger partial charge on any atom is -0.308 e. The summed E-state index contributed by atoms with van der Waals surface area (Å²) in [4.78, 5) is 15.8. The van der Waals surface area contributed by atoms with E-state index in [-0.39, 0.29) is 11.8 Å². The van der Waals surface area contributed by atoms with Crippen LogP contribution in [0, 0.1) is 12.7 Å². The van der Waals surface area contributed by atoms with Crippen molar-refractivity contribution in [2.75, 3.05) is 5.32 Å². The Balaban J connectivity index is 1.50. The summed E-state index contributed by atoms with van der Waals surface area (Å²) in [5.74, 6) is 0.576. The number of nitrogens with one attached hydrogen (secondary N) is 1. The van der Waals surface area contributed by atoms with Crippen molar-refractivity contribution in [3.8, 4) is 11.5 Å². The van der Waals surface area contributed by atoms with Crippen LogP contribution in [0.4, 0.5) is 14.9 Å². The molecule has 0 saturated carbocycles. The van der Waals surface area contributed by atoms with E-state index in [1.165, 1.54) is 17.7 Å². The Morgan fingerprint density at radius 2 is 1.71 bits per heavy atom. The van der Waals surface area contributed by atoms with Gasteiger partial charge in [0.1, 0.15) is 11.6 Å². The maximum Gasteiger partial charge on any atom is 0.322 e. The molecule has 0 fully saturated rings. The average molecular weight is 506 g/mol. The number of amides is 2. The van der Waals surface area contributed by atoms with Gasteiger partial charge >= 0.3 is 6.03 Å². The molecule has 1 aliphatic heterocycles. The Bertz CT molecular complexity index is 1590. The van der Waals surface area contributed by atoms with Crippen LogP contribution in [0.2, 0.25) is 0 Å². The van der Waals surface area contributed by atoms with Crippen molar-refractivity contribution in [1.29, 1.82) is 0 Å². The van der Waals surface area contributed by atoms with Crippen LogP contribution in [0.5, 0.6) is 0 Å². The molecule has 5 aromatic rings. The van der Waals surface area contributed by atoms with Crippen LogP contribution in [0.3, 0.4) is 0 Å². The van der Waals surface area contributed by atoms with Crippen LogP contribution in [-0.4, -0.2) is 25.3 Å². The number of fused-ring (bicyclic) bond motifs is 3. The number of rotatable bonds is 4. The van der Waals surface area contributed by atoms with Gasteiger partial charge in [0.15, 0.2) is 0 Å². The maximum atomic E-state index is 14.0. The lowest BCUT2D eigenvalue weighted by molar-refractivity contribution is 0.194. The van der Waals surface area contributed by atoms with Crippen LogP contribution in [0.15, 0.2) is 97.2 Å². The summed E-state index contributed by atoms with van der Waals surface area (Å²) in [6, 6.07) is 27.5. The highest BCUT2D eigenvalue weighted by Gasteiger charge is 2.36. The number of carbonyl (C=O) groups is 1. The number of carbonyl (C=O) groups excluding carboxylic acids is 1. The molecule has 0 bridgehead atoms. The fourth-order valence-electron chi connectivity index (χ4n) is 5.16. The van der Waals surface area contributed by atoms with Gasteiger partial charge < -0.3 is 14.8 Å². The first-order valence-corrected chi connectivity index (χ1v) is 12.8. The molecule has 6 rings (SSSR count). The minimum atomic E-state index is -0.448. The van der Waals surface area contributed by atoms with Gasteiger partial charge in [-0.25, -0.2) is 13.9 Å². The molecule has 0 unspecified atom stereocenters. The molecule has 3 heterocycles. The predicted octanol–water partition coefficient (Wildman–Crippen LogP) is 6.81. The molecule has 38 heavy (non-hydrogen) atoms. The van der Waals surface area contributed by atoms with Gasteiger partial charge in [-0.3, -0.25) is 0 Å². The van der Waals surface area contributed by atoms with Crippen molar-refractivity contribution in [3.05, 3.63) is 131 Å². The SMILES string of the molecule is CCc1ccc(NC(=O)N2Cc3c(C)nn(-c4ccccc4)c3-n3cccc3[C@H]2c2ccc(F)cc2)cc1. The zero-order chi connectivity index (χ0) is 26.2. The Kier molecular flexibility index (Phi) is 6.04. The number of halogens is 1. The highest BCUT2D eigenvalue weighted by molar-refractivity contribution is 5.90. The second kappa shape index (κ2) is 9.67. The van der Waals surface area contributed by atoms with Gasteiger partial charge in [-0.05, 0) is 73.0 Å². The fraction of sp³-hybridized carbons (Fsp3) is 0.161. The van der Waals surface area contributed by atoms with Crippen molar-refractivity contribution in [3.63, 3.8) is 0 Å². The van der Waals surface area contributed by atoms with E-state index in [4.69, 9.17) is 5.10 Å². The Morgan fingerprint density at radius 1 is 0.974 bits per heavy atom. The zero-order valence-corrected chi connectivity index (χ0v) is 21.3. The number of aromatic nitrogens is 3. The van der Waals surface area contributed by atoms with Crippen LogP contribution in [-0.2, 0) is 13.0 Å². The summed E-state index contributed by atoms with van der Waals surface area (Å²) in [5, 5.41) is 7.97. The van der Waals surface area contributed by atoms with Crippen molar-refractivity contribution in [2.45, 2.75) is 32.9 Å². The van der Waals surface area contributed by atoms with Gasteiger partial charge in [-0.15, -0.1) is 0 Å². The van der Waals surface area contributed by atoms with Crippen LogP contribution < -0.4 is 5.32 Å². The molecule has 0 radical (unpaired) electrons. The fourth-order valence-corrected chi connectivity index (χ4v) is 5.16. The molecule has 0 spiro atoms. The quantitative estimate of drug-likeness (QED) is 0.292. The number of hydrogen-bond donors (Lipinski definition) is 1. The molecule has 1 aliphatic rings. The largest absolute Gasteiger partial charge is 0.322 e. The summed E-state index contributed by atoms with van der Waals surface area (Å²) in [5.41, 5.74) is 6.37. The Morgan fingerprint density at radius 3 is 2.42 bits per heavy atom. The standard InChI is InChI=1S/C31H28FN5O/c1-3-22-11-17-25(18-12-22)33-31(38)36-20-27-21(2)34-37(26-8-5-4-6-9-26)30(27)35-19-7-10-28(35)29(36)23-13-15-24(32)16-14-23/h4-19,29H,3,20H2,1-2H3,(H,33,38)/t29-/m1/s1. The smallest absolute Gasteiger partial charge is 0.308 e. The Labute approximate surface area is 221 Å². The summed E-state index contributed by atoms with van der Waals surface area (Å²) in [7, 11) is 0. The molecule has 2 amide bonds. The normalized spacial score (nSPS) is 14.5. The number of hydrogen-bond acceptors (Lipinski definition) is 2. The zero-order valence-electron chi connectivity index (χ0n) is 21.3. The lowest BCUT2D eigenvalue weighted by Crippen LogP contribution is -2.38. The third-order valence-electron chi connectivity index (χ3n) is 7.15. The van der Waals surface area contributed by atoms with Crippen LogP contribution in [0.1, 0.15) is 41.0 Å². The molecular weight excluding hydrogens is 477 g/mol. The van der Waals surface area contributed by atoms with Gasteiger partial charge in [0, 0.05) is 17.4 Å². The minimum absolute atomic E-state index is 0.240. The number of benzene rings is 3. The van der Waals surface area contributed by atoms with E-state index in [0.717, 1.165) is 46.1 Å². The third kappa shape index (κ3) is 4.16. The first kappa shape index (κ1) is 23.7. The molecule has 7 heteroatoms. The summed E-state index contributed by atoms with van der Waals surface area (Å²) in [6.07, 6.45) is 2.92. The lowest BCUT2D eigenvalue weighted by atomic mass is 10.0. The van der Waals surface area contributed by atoms with Crippen molar-refractivity contribution in [1.82, 2.24) is 19.2 Å². The molecule has 1 N–H and O–H groups in total. The van der Waals surface area contributed by atoms with Gasteiger partial charge in [0.2, 0.25) is 0 Å². The van der Waals surface area contributed by atoms with Crippen LogP contribution in [0.25, 0.3) is 11.5 Å². The molecule has 190 valence electrons. The van der Waals surface area contributed by atoms with Gasteiger partial charge in [-0.1, -0.05) is 49.4 Å². The van der Waals surface area contributed by atoms with Crippen molar-refractivity contribution in [2.24, 2.45) is 0 Å². The first-order valence-electron chi connectivity index (χ1n) is 12.8. The van der Waals surface area contributed by atoms with E-state index in [1.807, 2.05) is 89.4 Å². The Hall–Kier alpha value is -4.65. The van der Waals surface area contributed by atoms with E-state index in [9.17, 15) is 9.18 Å². The van der Waals surface area contributed by atoms with E-state index in [0.29, 0.717) is 6.54 Å².